The van der Waals surface area contributed by atoms with Gasteiger partial charge in [0.1, 0.15) is 27.9 Å². The SMILES string of the molecule is CC(=O)CC(=O)NC1C(=O)N2C(C(=O)O)=C(CSc3nnc(C)s3)CS[C@H]12. The van der Waals surface area contributed by atoms with E-state index in [9.17, 15) is 24.3 Å². The average Bonchev–Trinajstić information content (AvgIpc) is 3.01. The molecule has 0 radical (unpaired) electrons. The number of aliphatic carboxylic acids is 1. The Morgan fingerprint density at radius 1 is 1.37 bits per heavy atom. The van der Waals surface area contributed by atoms with Gasteiger partial charge >= 0.3 is 5.97 Å². The molecule has 1 aromatic rings. The number of thioether (sulfide) groups is 2. The van der Waals surface area contributed by atoms with E-state index < -0.39 is 29.2 Å². The summed E-state index contributed by atoms with van der Waals surface area (Å²) in [6.07, 6.45) is -0.300. The molecular formula is C15H16N4O5S3. The van der Waals surface area contributed by atoms with Crippen molar-refractivity contribution in [1.82, 2.24) is 20.4 Å². The van der Waals surface area contributed by atoms with Crippen LogP contribution in [0.2, 0.25) is 0 Å². The first-order chi connectivity index (χ1) is 12.8. The summed E-state index contributed by atoms with van der Waals surface area (Å²) in [5, 5.41) is 20.4. The number of hydrogen-bond acceptors (Lipinski definition) is 9. The molecule has 2 aliphatic rings. The fraction of sp³-hybridized carbons (Fsp3) is 0.467. The van der Waals surface area contributed by atoms with Crippen LogP contribution in [0.3, 0.4) is 0 Å². The number of rotatable bonds is 7. The van der Waals surface area contributed by atoms with Gasteiger partial charge < -0.3 is 10.4 Å². The number of nitrogens with one attached hydrogen (secondary N) is 1. The number of carboxylic acid groups (broad SMARTS) is 1. The third-order valence-electron chi connectivity index (χ3n) is 3.85. The lowest BCUT2D eigenvalue weighted by atomic mass is 10.0. The molecule has 2 aliphatic heterocycles. The first-order valence-corrected chi connectivity index (χ1v) is 10.7. The molecule has 3 rings (SSSR count). The van der Waals surface area contributed by atoms with Gasteiger partial charge in [0.2, 0.25) is 5.91 Å². The van der Waals surface area contributed by atoms with Gasteiger partial charge in [-0.25, -0.2) is 4.79 Å². The van der Waals surface area contributed by atoms with Gasteiger partial charge in [-0.3, -0.25) is 19.3 Å². The predicted molar refractivity (Wildman–Crippen MR) is 100 cm³/mol. The van der Waals surface area contributed by atoms with Crippen molar-refractivity contribution >= 4 is 58.4 Å². The molecule has 0 aliphatic carbocycles. The van der Waals surface area contributed by atoms with Crippen LogP contribution < -0.4 is 5.32 Å². The Morgan fingerprint density at radius 2 is 2.11 bits per heavy atom. The Labute approximate surface area is 167 Å². The van der Waals surface area contributed by atoms with Crippen LogP contribution in [0.1, 0.15) is 18.4 Å². The second-order valence-electron chi connectivity index (χ2n) is 5.97. The molecule has 0 saturated carbocycles. The maximum absolute atomic E-state index is 12.4. The molecule has 9 nitrogen and oxygen atoms in total. The third kappa shape index (κ3) is 4.17. The van der Waals surface area contributed by atoms with Gasteiger partial charge in [0.25, 0.3) is 5.91 Å². The van der Waals surface area contributed by atoms with Crippen molar-refractivity contribution in [1.29, 1.82) is 0 Å². The Kier molecular flexibility index (Phi) is 5.86. The summed E-state index contributed by atoms with van der Waals surface area (Å²) in [6, 6.07) is -0.809. The molecule has 1 saturated heterocycles. The normalized spacial score (nSPS) is 21.6. The molecule has 144 valence electrons. The average molecular weight is 429 g/mol. The first kappa shape index (κ1) is 19.8. The van der Waals surface area contributed by atoms with Crippen molar-refractivity contribution in [3.63, 3.8) is 0 Å². The Hall–Kier alpha value is -1.92. The molecule has 2 N–H and O–H groups in total. The number of carbonyl (C=O) groups is 4. The van der Waals surface area contributed by atoms with Crippen LogP contribution in [0.4, 0.5) is 0 Å². The Balaban J connectivity index is 1.72. The monoisotopic (exact) mass is 428 g/mol. The summed E-state index contributed by atoms with van der Waals surface area (Å²) in [5.74, 6) is -1.66. The summed E-state index contributed by atoms with van der Waals surface area (Å²) in [7, 11) is 0. The minimum Gasteiger partial charge on any atom is -0.477 e. The van der Waals surface area contributed by atoms with Crippen LogP contribution >= 0.6 is 34.9 Å². The zero-order valence-corrected chi connectivity index (χ0v) is 16.9. The van der Waals surface area contributed by atoms with E-state index in [1.807, 2.05) is 6.92 Å². The quantitative estimate of drug-likeness (QED) is 0.365. The molecule has 1 fully saturated rings. The minimum absolute atomic E-state index is 0.0328. The second-order valence-corrected chi connectivity index (χ2v) is 9.48. The van der Waals surface area contributed by atoms with Crippen LogP contribution in [0, 0.1) is 6.92 Å². The van der Waals surface area contributed by atoms with Gasteiger partial charge in [0.05, 0.1) is 6.42 Å². The zero-order chi connectivity index (χ0) is 19.7. The highest BCUT2D eigenvalue weighted by Gasteiger charge is 2.54. The van der Waals surface area contributed by atoms with E-state index in [0.29, 0.717) is 17.1 Å². The lowest BCUT2D eigenvalue weighted by Gasteiger charge is -2.49. The minimum atomic E-state index is -1.17. The van der Waals surface area contributed by atoms with E-state index in [0.717, 1.165) is 9.35 Å². The number of fused-ring (bicyclic) bond motifs is 1. The topological polar surface area (TPSA) is 130 Å². The summed E-state index contributed by atoms with van der Waals surface area (Å²) in [4.78, 5) is 48.2. The van der Waals surface area contributed by atoms with Crippen molar-refractivity contribution in [2.24, 2.45) is 0 Å². The number of hydrogen-bond donors (Lipinski definition) is 2. The second kappa shape index (κ2) is 7.98. The fourth-order valence-corrected chi connectivity index (χ4v) is 6.03. The van der Waals surface area contributed by atoms with Gasteiger partial charge in [-0.2, -0.15) is 0 Å². The van der Waals surface area contributed by atoms with E-state index in [2.05, 4.69) is 15.5 Å². The van der Waals surface area contributed by atoms with Gasteiger partial charge in [0, 0.05) is 11.5 Å². The number of carbonyl (C=O) groups excluding carboxylic acids is 3. The molecule has 0 spiro atoms. The number of aromatic nitrogens is 2. The first-order valence-electron chi connectivity index (χ1n) is 7.89. The molecule has 2 atom stereocenters. The van der Waals surface area contributed by atoms with E-state index in [1.54, 1.807) is 0 Å². The van der Waals surface area contributed by atoms with Gasteiger partial charge in [-0.05, 0) is 19.4 Å². The number of Topliss-reactive ketones (excluding diaryl/α,β-unsaturated/α-hetero) is 1. The molecule has 1 aromatic heterocycles. The van der Waals surface area contributed by atoms with Crippen LogP contribution in [0.25, 0.3) is 0 Å². The molecule has 0 aromatic carbocycles. The van der Waals surface area contributed by atoms with E-state index in [-0.39, 0.29) is 17.9 Å². The number of β-lactam (4-membered cyclic amide) rings is 1. The van der Waals surface area contributed by atoms with Crippen molar-refractivity contribution in [3.8, 4) is 0 Å². The van der Waals surface area contributed by atoms with E-state index in [1.165, 1.54) is 46.7 Å². The Bertz CT molecular complexity index is 852. The lowest BCUT2D eigenvalue weighted by molar-refractivity contribution is -0.150. The number of nitrogens with zero attached hydrogens (tertiary/aromatic N) is 3. The predicted octanol–water partition coefficient (Wildman–Crippen LogP) is 0.656. The van der Waals surface area contributed by atoms with Crippen LogP contribution in [-0.2, 0) is 19.2 Å². The number of carboxylic acids is 1. The summed E-state index contributed by atoms with van der Waals surface area (Å²) in [5.41, 5.74) is 0.595. The highest BCUT2D eigenvalue weighted by atomic mass is 32.2. The molecule has 1 unspecified atom stereocenters. The molecule has 3 heterocycles. The molecule has 27 heavy (non-hydrogen) atoms. The van der Waals surface area contributed by atoms with Crippen LogP contribution in [-0.4, -0.2) is 66.7 Å². The molecular weight excluding hydrogens is 412 g/mol. The fourth-order valence-electron chi connectivity index (χ4n) is 2.73. The molecule has 0 bridgehead atoms. The zero-order valence-electron chi connectivity index (χ0n) is 14.4. The Morgan fingerprint density at radius 3 is 2.70 bits per heavy atom. The van der Waals surface area contributed by atoms with E-state index >= 15 is 0 Å². The summed E-state index contributed by atoms with van der Waals surface area (Å²) >= 11 is 4.20. The van der Waals surface area contributed by atoms with Gasteiger partial charge in [0.15, 0.2) is 4.34 Å². The maximum Gasteiger partial charge on any atom is 0.352 e. The largest absolute Gasteiger partial charge is 0.477 e. The van der Waals surface area contributed by atoms with Crippen molar-refractivity contribution < 1.29 is 24.3 Å². The smallest absolute Gasteiger partial charge is 0.352 e. The van der Waals surface area contributed by atoms with Crippen molar-refractivity contribution in [2.75, 3.05) is 11.5 Å². The lowest BCUT2D eigenvalue weighted by Crippen LogP contribution is -2.70. The summed E-state index contributed by atoms with van der Waals surface area (Å²) < 4.78 is 0.737. The number of ketones is 1. The number of amides is 2. The molecule has 2 amide bonds. The van der Waals surface area contributed by atoms with Crippen molar-refractivity contribution in [3.05, 3.63) is 16.3 Å². The van der Waals surface area contributed by atoms with Crippen molar-refractivity contribution in [2.45, 2.75) is 36.0 Å². The standard InChI is InChI=1S/C15H16N4O5S3/c1-6(20)3-9(21)16-10-12(22)19-11(14(23)24)8(4-25-13(10)19)5-26-15-18-17-7(2)27-15/h10,13H,3-5H2,1-2H3,(H,16,21)(H,23,24)/t10?,13-/m1/s1. The van der Waals surface area contributed by atoms with Crippen LogP contribution in [0.5, 0.6) is 0 Å². The number of aryl methyl sites for hydroxylation is 1. The summed E-state index contributed by atoms with van der Waals surface area (Å²) in [6.45, 7) is 3.13. The highest BCUT2D eigenvalue weighted by Crippen LogP contribution is 2.41. The maximum atomic E-state index is 12.4. The highest BCUT2D eigenvalue weighted by molar-refractivity contribution is 8.01. The van der Waals surface area contributed by atoms with Crippen LogP contribution in [0.15, 0.2) is 15.6 Å². The molecule has 12 heteroatoms. The van der Waals surface area contributed by atoms with E-state index in [4.69, 9.17) is 0 Å². The third-order valence-corrected chi connectivity index (χ3v) is 7.25. The van der Waals surface area contributed by atoms with Gasteiger partial charge in [-0.1, -0.05) is 23.1 Å². The van der Waals surface area contributed by atoms with Gasteiger partial charge in [-0.15, -0.1) is 22.0 Å².